The van der Waals surface area contributed by atoms with E-state index in [1.54, 1.807) is 23.1 Å². The standard InChI is InChI=1S/C26H32ClN3O2/c1-25(2)14-20(15-26(3,4)29-25)28-24(32)18-10-11-22(21(27)12-18)30-16-19(13-23(30)31)17-8-6-5-7-9-17/h5-12,19-20,29H,13-16H2,1-4H3,(H,28,32). The average molecular weight is 454 g/mol. The van der Waals surface area contributed by atoms with Gasteiger partial charge in [-0.1, -0.05) is 41.9 Å². The summed E-state index contributed by atoms with van der Waals surface area (Å²) in [6, 6.07) is 15.4. The summed E-state index contributed by atoms with van der Waals surface area (Å²) in [7, 11) is 0. The smallest absolute Gasteiger partial charge is 0.251 e. The second kappa shape index (κ2) is 8.53. The number of hydrogen-bond acceptors (Lipinski definition) is 3. The van der Waals surface area contributed by atoms with Gasteiger partial charge in [-0.05, 0) is 64.3 Å². The molecule has 170 valence electrons. The Bertz CT molecular complexity index is 1000. The van der Waals surface area contributed by atoms with Crippen molar-refractivity contribution in [3.05, 3.63) is 64.7 Å². The molecule has 0 aliphatic carbocycles. The molecule has 2 aliphatic rings. The number of rotatable bonds is 4. The lowest BCUT2D eigenvalue weighted by molar-refractivity contribution is -0.117. The van der Waals surface area contributed by atoms with Crippen molar-refractivity contribution in [1.29, 1.82) is 0 Å². The number of hydrogen-bond donors (Lipinski definition) is 2. The van der Waals surface area contributed by atoms with Gasteiger partial charge in [-0.3, -0.25) is 9.59 Å². The monoisotopic (exact) mass is 453 g/mol. The molecule has 1 unspecified atom stereocenters. The van der Waals surface area contributed by atoms with Crippen LogP contribution in [-0.2, 0) is 4.79 Å². The number of amides is 2. The molecule has 0 saturated carbocycles. The maximum absolute atomic E-state index is 13.0. The Morgan fingerprint density at radius 2 is 1.72 bits per heavy atom. The summed E-state index contributed by atoms with van der Waals surface area (Å²) in [5.41, 5.74) is 2.23. The number of nitrogens with one attached hydrogen (secondary N) is 2. The highest BCUT2D eigenvalue weighted by Gasteiger charge is 2.38. The molecule has 2 amide bonds. The van der Waals surface area contributed by atoms with E-state index in [1.807, 2.05) is 18.2 Å². The molecule has 1 atom stereocenters. The van der Waals surface area contributed by atoms with Crippen molar-refractivity contribution in [2.45, 2.75) is 70.0 Å². The number of anilines is 1. The SMILES string of the molecule is CC1(C)CC(NC(=O)c2ccc(N3CC(c4ccccc4)CC3=O)c(Cl)c2)CC(C)(C)N1. The molecule has 2 aromatic rings. The van der Waals surface area contributed by atoms with Crippen LogP contribution in [-0.4, -0.2) is 35.5 Å². The molecule has 2 N–H and O–H groups in total. The predicted molar refractivity (Wildman–Crippen MR) is 129 cm³/mol. The van der Waals surface area contributed by atoms with Gasteiger partial charge in [0.1, 0.15) is 0 Å². The summed E-state index contributed by atoms with van der Waals surface area (Å²) in [6.45, 7) is 9.24. The lowest BCUT2D eigenvalue weighted by atomic mass is 9.79. The maximum atomic E-state index is 13.0. The first-order chi connectivity index (χ1) is 15.0. The predicted octanol–water partition coefficient (Wildman–Crippen LogP) is 4.90. The molecule has 2 heterocycles. The summed E-state index contributed by atoms with van der Waals surface area (Å²) in [4.78, 5) is 27.4. The van der Waals surface area contributed by atoms with E-state index in [9.17, 15) is 9.59 Å². The summed E-state index contributed by atoms with van der Waals surface area (Å²) in [6.07, 6.45) is 2.18. The van der Waals surface area contributed by atoms with Gasteiger partial charge in [0, 0.05) is 41.6 Å². The van der Waals surface area contributed by atoms with E-state index in [2.05, 4.69) is 50.5 Å². The van der Waals surface area contributed by atoms with Crippen molar-refractivity contribution in [2.24, 2.45) is 0 Å². The van der Waals surface area contributed by atoms with E-state index < -0.39 is 0 Å². The third kappa shape index (κ3) is 5.00. The lowest BCUT2D eigenvalue weighted by Gasteiger charge is -2.46. The third-order valence-corrected chi connectivity index (χ3v) is 6.72. The highest BCUT2D eigenvalue weighted by molar-refractivity contribution is 6.34. The fourth-order valence-corrected chi connectivity index (χ4v) is 5.73. The van der Waals surface area contributed by atoms with Crippen LogP contribution in [0.25, 0.3) is 0 Å². The minimum Gasteiger partial charge on any atom is -0.349 e. The minimum absolute atomic E-state index is 0.0490. The van der Waals surface area contributed by atoms with Gasteiger partial charge in [-0.25, -0.2) is 0 Å². The summed E-state index contributed by atoms with van der Waals surface area (Å²) >= 11 is 6.56. The Kier molecular flexibility index (Phi) is 6.08. The zero-order valence-corrected chi connectivity index (χ0v) is 20.0. The van der Waals surface area contributed by atoms with E-state index in [1.165, 1.54) is 0 Å². The fourth-order valence-electron chi connectivity index (χ4n) is 5.45. The molecule has 6 heteroatoms. The van der Waals surface area contributed by atoms with E-state index in [-0.39, 0.29) is 34.9 Å². The Morgan fingerprint density at radius 3 is 2.34 bits per heavy atom. The number of benzene rings is 2. The summed E-state index contributed by atoms with van der Waals surface area (Å²) < 4.78 is 0. The molecule has 5 nitrogen and oxygen atoms in total. The van der Waals surface area contributed by atoms with Crippen molar-refractivity contribution < 1.29 is 9.59 Å². The van der Waals surface area contributed by atoms with Gasteiger partial charge >= 0.3 is 0 Å². The van der Waals surface area contributed by atoms with E-state index in [0.717, 1.165) is 18.4 Å². The Morgan fingerprint density at radius 1 is 1.06 bits per heavy atom. The normalized spacial score (nSPS) is 22.7. The van der Waals surface area contributed by atoms with Crippen molar-refractivity contribution >= 4 is 29.1 Å². The minimum atomic E-state index is -0.133. The van der Waals surface area contributed by atoms with E-state index in [0.29, 0.717) is 29.2 Å². The molecule has 0 bridgehead atoms. The van der Waals surface area contributed by atoms with Crippen molar-refractivity contribution in [1.82, 2.24) is 10.6 Å². The van der Waals surface area contributed by atoms with Crippen LogP contribution in [0.3, 0.4) is 0 Å². The van der Waals surface area contributed by atoms with Crippen molar-refractivity contribution in [3.63, 3.8) is 0 Å². The Labute approximate surface area is 195 Å². The van der Waals surface area contributed by atoms with Gasteiger partial charge in [0.25, 0.3) is 5.91 Å². The van der Waals surface area contributed by atoms with Crippen LogP contribution in [0.4, 0.5) is 5.69 Å². The topological polar surface area (TPSA) is 61.4 Å². The Balaban J connectivity index is 1.46. The van der Waals surface area contributed by atoms with Crippen LogP contribution in [0, 0.1) is 0 Å². The largest absolute Gasteiger partial charge is 0.349 e. The molecule has 2 fully saturated rings. The Hall–Kier alpha value is -2.37. The van der Waals surface area contributed by atoms with E-state index >= 15 is 0 Å². The number of nitrogens with zero attached hydrogens (tertiary/aromatic N) is 1. The van der Waals surface area contributed by atoms with Crippen LogP contribution in [0.1, 0.15) is 68.8 Å². The zero-order chi connectivity index (χ0) is 23.1. The first-order valence-electron chi connectivity index (χ1n) is 11.3. The highest BCUT2D eigenvalue weighted by Crippen LogP contribution is 2.36. The van der Waals surface area contributed by atoms with Crippen LogP contribution in [0.5, 0.6) is 0 Å². The third-order valence-electron chi connectivity index (χ3n) is 6.42. The molecule has 0 radical (unpaired) electrons. The van der Waals surface area contributed by atoms with Gasteiger partial charge in [-0.15, -0.1) is 0 Å². The molecular formula is C26H32ClN3O2. The average Bonchev–Trinajstić information content (AvgIpc) is 3.07. The van der Waals surface area contributed by atoms with Crippen LogP contribution < -0.4 is 15.5 Å². The molecule has 0 aromatic heterocycles. The van der Waals surface area contributed by atoms with Crippen LogP contribution in [0.2, 0.25) is 5.02 Å². The lowest BCUT2D eigenvalue weighted by Crippen LogP contribution is -2.62. The first-order valence-corrected chi connectivity index (χ1v) is 11.7. The van der Waals surface area contributed by atoms with Crippen LogP contribution >= 0.6 is 11.6 Å². The van der Waals surface area contributed by atoms with Gasteiger partial charge in [0.05, 0.1) is 10.7 Å². The number of carbonyl (C=O) groups excluding carboxylic acids is 2. The maximum Gasteiger partial charge on any atom is 0.251 e. The molecule has 0 spiro atoms. The molecule has 2 aromatic carbocycles. The number of piperidine rings is 1. The molecular weight excluding hydrogens is 422 g/mol. The van der Waals surface area contributed by atoms with Crippen molar-refractivity contribution in [3.8, 4) is 0 Å². The second-order valence-electron chi connectivity index (χ2n) is 10.5. The molecule has 2 saturated heterocycles. The summed E-state index contributed by atoms with van der Waals surface area (Å²) in [5.74, 6) is 0.0679. The first kappa shape index (κ1) is 22.8. The molecule has 2 aliphatic heterocycles. The fraction of sp³-hybridized carbons (Fsp3) is 0.462. The van der Waals surface area contributed by atoms with Gasteiger partial charge < -0.3 is 15.5 Å². The van der Waals surface area contributed by atoms with Gasteiger partial charge in [0.2, 0.25) is 5.91 Å². The molecule has 4 rings (SSSR count). The summed E-state index contributed by atoms with van der Waals surface area (Å²) in [5, 5.41) is 7.24. The van der Waals surface area contributed by atoms with Crippen LogP contribution in [0.15, 0.2) is 48.5 Å². The quantitative estimate of drug-likeness (QED) is 0.692. The van der Waals surface area contributed by atoms with E-state index in [4.69, 9.17) is 11.6 Å². The highest BCUT2D eigenvalue weighted by atomic mass is 35.5. The number of carbonyl (C=O) groups is 2. The second-order valence-corrected chi connectivity index (χ2v) is 10.9. The zero-order valence-electron chi connectivity index (χ0n) is 19.2. The molecule has 32 heavy (non-hydrogen) atoms. The van der Waals surface area contributed by atoms with Gasteiger partial charge in [0.15, 0.2) is 0 Å². The van der Waals surface area contributed by atoms with Gasteiger partial charge in [-0.2, -0.15) is 0 Å². The number of halogens is 1. The van der Waals surface area contributed by atoms with Crippen molar-refractivity contribution in [2.75, 3.05) is 11.4 Å².